The van der Waals surface area contributed by atoms with Gasteiger partial charge in [0.25, 0.3) is 5.91 Å². The maximum absolute atomic E-state index is 14.2. The largest absolute Gasteiger partial charge is 0.497 e. The van der Waals surface area contributed by atoms with Crippen LogP contribution in [0.2, 0.25) is 0 Å². The number of thioether (sulfide) groups is 1. The van der Waals surface area contributed by atoms with Gasteiger partial charge in [0.15, 0.2) is 0 Å². The number of hydrogen-bond acceptors (Lipinski definition) is 6. The summed E-state index contributed by atoms with van der Waals surface area (Å²) in [6.07, 6.45) is 9.72. The second kappa shape index (κ2) is 16.6. The molecular weight excluding hydrogens is 538 g/mol. The Bertz CT molecular complexity index is 1170. The molecule has 41 heavy (non-hydrogen) atoms. The summed E-state index contributed by atoms with van der Waals surface area (Å²) in [5.74, 6) is 3.15. The van der Waals surface area contributed by atoms with E-state index in [1.807, 2.05) is 6.26 Å². The minimum Gasteiger partial charge on any atom is -0.497 e. The maximum atomic E-state index is 14.2. The standard InChI is InChI=1S/C32H43N3O5S/c1-8-10-11-21-35(30(37)27(20-22-41-7)34-31(38)40-32(3,4)5)28(24-14-12-23(9-2)13-15-24)29(36)33-25-16-18-26(39-6)19-17-25/h2,12-19,27-28H,8,10-11,20-22H2,1,3-7H3,(H,33,36)(H,34,38). The van der Waals surface area contributed by atoms with Gasteiger partial charge >= 0.3 is 6.09 Å². The predicted molar refractivity (Wildman–Crippen MR) is 166 cm³/mol. The molecule has 2 atom stereocenters. The van der Waals surface area contributed by atoms with E-state index in [1.165, 1.54) is 0 Å². The van der Waals surface area contributed by atoms with E-state index in [0.717, 1.165) is 12.8 Å². The third kappa shape index (κ3) is 11.0. The molecule has 2 N–H and O–H groups in total. The lowest BCUT2D eigenvalue weighted by molar-refractivity contribution is -0.141. The zero-order valence-corrected chi connectivity index (χ0v) is 25.8. The van der Waals surface area contributed by atoms with E-state index < -0.39 is 23.8 Å². The summed E-state index contributed by atoms with van der Waals surface area (Å²) in [5.41, 5.74) is 1.11. The van der Waals surface area contributed by atoms with Gasteiger partial charge in [-0.1, -0.05) is 37.8 Å². The molecule has 0 heterocycles. The van der Waals surface area contributed by atoms with Crippen LogP contribution in [0.4, 0.5) is 10.5 Å². The Hall–Kier alpha value is -3.64. The van der Waals surface area contributed by atoms with Gasteiger partial charge in [-0.25, -0.2) is 4.79 Å². The first-order chi connectivity index (χ1) is 19.5. The van der Waals surface area contributed by atoms with Gasteiger partial charge < -0.3 is 25.0 Å². The Morgan fingerprint density at radius 1 is 1.05 bits per heavy atom. The summed E-state index contributed by atoms with van der Waals surface area (Å²) in [5, 5.41) is 5.72. The molecule has 0 aliphatic carbocycles. The number of terminal acetylenes is 1. The molecule has 2 rings (SSSR count). The van der Waals surface area contributed by atoms with Crippen LogP contribution in [-0.2, 0) is 14.3 Å². The highest BCUT2D eigenvalue weighted by molar-refractivity contribution is 7.98. The van der Waals surface area contributed by atoms with E-state index in [4.69, 9.17) is 15.9 Å². The van der Waals surface area contributed by atoms with E-state index in [2.05, 4.69) is 23.5 Å². The van der Waals surface area contributed by atoms with Crippen LogP contribution in [0, 0.1) is 12.3 Å². The van der Waals surface area contributed by atoms with Crippen molar-refractivity contribution in [3.05, 3.63) is 59.7 Å². The molecule has 222 valence electrons. The molecule has 0 radical (unpaired) electrons. The number of carbonyl (C=O) groups is 3. The number of hydrogen-bond donors (Lipinski definition) is 2. The van der Waals surface area contributed by atoms with Crippen LogP contribution in [0.3, 0.4) is 0 Å². The Labute approximate surface area is 248 Å². The summed E-state index contributed by atoms with van der Waals surface area (Å²) in [7, 11) is 1.57. The van der Waals surface area contributed by atoms with Crippen LogP contribution >= 0.6 is 11.8 Å². The van der Waals surface area contributed by atoms with Crippen molar-refractivity contribution >= 4 is 35.4 Å². The van der Waals surface area contributed by atoms with Crippen molar-refractivity contribution in [2.75, 3.05) is 31.0 Å². The number of carbonyl (C=O) groups excluding carboxylic acids is 3. The normalized spacial score (nSPS) is 12.4. The van der Waals surface area contributed by atoms with Crippen LogP contribution in [-0.4, -0.2) is 60.1 Å². The predicted octanol–water partition coefficient (Wildman–Crippen LogP) is 6.02. The van der Waals surface area contributed by atoms with Crippen LogP contribution in [0.1, 0.15) is 70.5 Å². The monoisotopic (exact) mass is 581 g/mol. The van der Waals surface area contributed by atoms with E-state index >= 15 is 0 Å². The number of methoxy groups -OCH3 is 1. The second-order valence-corrected chi connectivity index (χ2v) is 11.6. The smallest absolute Gasteiger partial charge is 0.408 e. The van der Waals surface area contributed by atoms with Crippen molar-refractivity contribution in [1.29, 1.82) is 0 Å². The number of alkyl carbamates (subject to hydrolysis) is 1. The molecule has 0 saturated heterocycles. The third-order valence-electron chi connectivity index (χ3n) is 6.20. The highest BCUT2D eigenvalue weighted by Gasteiger charge is 2.36. The lowest BCUT2D eigenvalue weighted by Gasteiger charge is -2.34. The minimum absolute atomic E-state index is 0.329. The minimum atomic E-state index is -0.967. The van der Waals surface area contributed by atoms with E-state index in [1.54, 1.807) is 93.1 Å². The lowest BCUT2D eigenvalue weighted by atomic mass is 10.00. The van der Waals surface area contributed by atoms with Gasteiger partial charge in [0.2, 0.25) is 5.91 Å². The molecule has 8 nitrogen and oxygen atoms in total. The van der Waals surface area contributed by atoms with Crippen molar-refractivity contribution in [3.63, 3.8) is 0 Å². The summed E-state index contributed by atoms with van der Waals surface area (Å²) in [4.78, 5) is 42.5. The molecule has 2 aromatic rings. The van der Waals surface area contributed by atoms with Gasteiger partial charge in [-0.15, -0.1) is 6.42 Å². The Balaban J connectivity index is 2.52. The highest BCUT2D eigenvalue weighted by atomic mass is 32.2. The fraction of sp³-hybridized carbons (Fsp3) is 0.469. The van der Waals surface area contributed by atoms with Crippen molar-refractivity contribution in [2.45, 2.75) is 71.1 Å². The van der Waals surface area contributed by atoms with E-state index in [-0.39, 0.29) is 11.8 Å². The molecule has 0 saturated carbocycles. The summed E-state index contributed by atoms with van der Waals surface area (Å²) >= 11 is 1.57. The summed E-state index contributed by atoms with van der Waals surface area (Å²) in [6, 6.07) is 12.2. The fourth-order valence-corrected chi connectivity index (χ4v) is 4.63. The highest BCUT2D eigenvalue weighted by Crippen LogP contribution is 2.27. The Kier molecular flexibility index (Phi) is 13.6. The van der Waals surface area contributed by atoms with Crippen molar-refractivity contribution in [3.8, 4) is 18.1 Å². The number of amides is 3. The third-order valence-corrected chi connectivity index (χ3v) is 6.84. The average Bonchev–Trinajstić information content (AvgIpc) is 2.94. The first-order valence-electron chi connectivity index (χ1n) is 13.8. The second-order valence-electron chi connectivity index (χ2n) is 10.6. The van der Waals surface area contributed by atoms with Crippen molar-refractivity contribution < 1.29 is 23.9 Å². The van der Waals surface area contributed by atoms with Gasteiger partial charge in [0.05, 0.1) is 7.11 Å². The van der Waals surface area contributed by atoms with E-state index in [0.29, 0.717) is 47.7 Å². The zero-order valence-electron chi connectivity index (χ0n) is 25.0. The molecule has 9 heteroatoms. The molecule has 2 aromatic carbocycles. The van der Waals surface area contributed by atoms with Crippen LogP contribution in [0.25, 0.3) is 0 Å². The van der Waals surface area contributed by atoms with Crippen molar-refractivity contribution in [2.24, 2.45) is 0 Å². The fourth-order valence-electron chi connectivity index (χ4n) is 4.16. The number of benzene rings is 2. The lowest BCUT2D eigenvalue weighted by Crippen LogP contribution is -2.52. The van der Waals surface area contributed by atoms with Crippen molar-refractivity contribution in [1.82, 2.24) is 10.2 Å². The van der Waals surface area contributed by atoms with Crippen LogP contribution in [0.15, 0.2) is 48.5 Å². The van der Waals surface area contributed by atoms with Crippen LogP contribution < -0.4 is 15.4 Å². The number of ether oxygens (including phenoxy) is 2. The topological polar surface area (TPSA) is 97.0 Å². The SMILES string of the molecule is C#Cc1ccc(C(C(=O)Nc2ccc(OC)cc2)N(CCCCC)C(=O)C(CCSC)NC(=O)OC(C)(C)C)cc1. The zero-order chi connectivity index (χ0) is 30.4. The quantitative estimate of drug-likeness (QED) is 0.209. The summed E-state index contributed by atoms with van der Waals surface area (Å²) in [6.45, 7) is 7.70. The molecule has 0 aromatic heterocycles. The first-order valence-corrected chi connectivity index (χ1v) is 15.2. The average molecular weight is 582 g/mol. The molecule has 0 spiro atoms. The molecule has 0 aliphatic heterocycles. The Morgan fingerprint density at radius 2 is 1.71 bits per heavy atom. The molecular formula is C32H43N3O5S. The molecule has 0 bridgehead atoms. The van der Waals surface area contributed by atoms with Gasteiger partial charge in [-0.05, 0) is 87.6 Å². The van der Waals surface area contributed by atoms with Gasteiger partial charge in [0, 0.05) is 17.8 Å². The number of rotatable bonds is 14. The first kappa shape index (κ1) is 33.6. The van der Waals surface area contributed by atoms with Gasteiger partial charge in [-0.3, -0.25) is 9.59 Å². The summed E-state index contributed by atoms with van der Waals surface area (Å²) < 4.78 is 10.7. The number of nitrogens with one attached hydrogen (secondary N) is 2. The maximum Gasteiger partial charge on any atom is 0.408 e. The molecule has 0 aliphatic rings. The number of nitrogens with zero attached hydrogens (tertiary/aromatic N) is 1. The molecule has 0 fully saturated rings. The molecule has 3 amide bonds. The van der Waals surface area contributed by atoms with E-state index in [9.17, 15) is 14.4 Å². The Morgan fingerprint density at radius 3 is 2.24 bits per heavy atom. The number of unbranched alkanes of at least 4 members (excludes halogenated alkanes) is 2. The number of anilines is 1. The van der Waals surface area contributed by atoms with Gasteiger partial charge in [0.1, 0.15) is 23.4 Å². The van der Waals surface area contributed by atoms with Gasteiger partial charge in [-0.2, -0.15) is 11.8 Å². The van der Waals surface area contributed by atoms with Crippen LogP contribution in [0.5, 0.6) is 5.75 Å². The molecule has 2 unspecified atom stereocenters.